The number of benzene rings is 4. The van der Waals surface area contributed by atoms with Crippen molar-refractivity contribution in [2.75, 3.05) is 113 Å². The highest BCUT2D eigenvalue weighted by Gasteiger charge is 2.29. The minimum atomic E-state index is -3.93. The van der Waals surface area contributed by atoms with Gasteiger partial charge in [0.05, 0.1) is 65.2 Å². The molecule has 6 rings (SSSR count). The van der Waals surface area contributed by atoms with Crippen LogP contribution in [0.2, 0.25) is 10.0 Å². The Bertz CT molecular complexity index is 2390. The Morgan fingerprint density at radius 3 is 1.36 bits per heavy atom. The number of rotatable bonds is 17. The molecular weight excluding hydrogens is 950 g/mol. The number of piperazine rings is 2. The first-order chi connectivity index (χ1) is 31.2. The number of methoxy groups -OCH3 is 1. The van der Waals surface area contributed by atoms with Crippen molar-refractivity contribution in [1.29, 1.82) is 0 Å². The maximum Gasteiger partial charge on any atom is 0.337 e. The van der Waals surface area contributed by atoms with Gasteiger partial charge in [-0.2, -0.15) is 0 Å². The maximum absolute atomic E-state index is 14.8. The molecule has 0 atom stereocenters. The van der Waals surface area contributed by atoms with Crippen molar-refractivity contribution in [1.82, 2.24) is 19.6 Å². The average Bonchev–Trinajstić information content (AvgIpc) is 3.29. The molecule has 0 bridgehead atoms. The summed E-state index contributed by atoms with van der Waals surface area (Å²) >= 11 is 11.8. The second-order valence-electron chi connectivity index (χ2n) is 15.9. The molecule has 2 heterocycles. The first kappa shape index (κ1) is 52.6. The highest BCUT2D eigenvalue weighted by Crippen LogP contribution is 2.30. The fourth-order valence-corrected chi connectivity index (χ4v) is 10.3. The molecule has 2 saturated heterocycles. The Morgan fingerprint density at radius 1 is 0.606 bits per heavy atom. The fraction of sp³-hybridized carbons (Fsp3) is 0.409. The largest absolute Gasteiger partial charge is 0.465 e. The summed E-state index contributed by atoms with van der Waals surface area (Å²) in [6, 6.07) is 14.6. The molecular formula is C44H53Cl2F4N7O7S2. The van der Waals surface area contributed by atoms with Gasteiger partial charge in [-0.1, -0.05) is 41.4 Å². The molecule has 0 amide bonds. The van der Waals surface area contributed by atoms with Crippen molar-refractivity contribution in [3.63, 3.8) is 0 Å². The van der Waals surface area contributed by atoms with Gasteiger partial charge >= 0.3 is 5.97 Å². The summed E-state index contributed by atoms with van der Waals surface area (Å²) in [6.07, 6.45) is 0. The van der Waals surface area contributed by atoms with E-state index < -0.39 is 55.1 Å². The molecule has 4 aromatic rings. The molecule has 0 aliphatic carbocycles. The molecule has 66 heavy (non-hydrogen) atoms. The lowest BCUT2D eigenvalue weighted by molar-refractivity contribution is 0.0600. The molecule has 22 heteroatoms. The SMILES string of the molecule is CN1CCN(CCS(=O)(=O)N(Cc2ccc(C(=O)CN)cc2F)c2ccc(F)c(Cl)c2)CC1.COC(=O)c1ccc(CN(c2ccc(F)c(Cl)c2)S(=O)(=O)CCN2CCN(C)CC2)c(F)c1. The van der Waals surface area contributed by atoms with Gasteiger partial charge in [0.1, 0.15) is 23.3 Å². The highest BCUT2D eigenvalue weighted by atomic mass is 35.5. The molecule has 0 radical (unpaired) electrons. The van der Waals surface area contributed by atoms with Crippen LogP contribution in [0.15, 0.2) is 72.8 Å². The second kappa shape index (κ2) is 23.6. The fourth-order valence-electron chi connectivity index (χ4n) is 7.03. The Morgan fingerprint density at radius 2 is 1.00 bits per heavy atom. The van der Waals surface area contributed by atoms with Gasteiger partial charge in [0.15, 0.2) is 5.78 Å². The van der Waals surface area contributed by atoms with Gasteiger partial charge < -0.3 is 20.3 Å². The minimum Gasteiger partial charge on any atom is -0.465 e. The maximum atomic E-state index is 14.8. The summed E-state index contributed by atoms with van der Waals surface area (Å²) < 4.78 is 117. The summed E-state index contributed by atoms with van der Waals surface area (Å²) in [5, 5.41) is -0.482. The Balaban J connectivity index is 0.000000247. The average molecular weight is 1000 g/mol. The molecule has 2 aliphatic heterocycles. The number of Topliss-reactive ketones (excluding diaryl/α,β-unsaturated/α-hetero) is 1. The number of sulfonamides is 2. The smallest absolute Gasteiger partial charge is 0.337 e. The number of hydrogen-bond acceptors (Lipinski definition) is 12. The van der Waals surface area contributed by atoms with Crippen molar-refractivity contribution in [3.05, 3.63) is 128 Å². The van der Waals surface area contributed by atoms with Crippen LogP contribution >= 0.6 is 23.2 Å². The van der Waals surface area contributed by atoms with Crippen molar-refractivity contribution in [2.45, 2.75) is 13.1 Å². The Hall–Kier alpha value is -4.38. The number of nitrogens with two attached hydrogens (primary N) is 1. The van der Waals surface area contributed by atoms with E-state index in [0.717, 1.165) is 85.2 Å². The topological polar surface area (TPSA) is 157 Å². The van der Waals surface area contributed by atoms with E-state index in [1.807, 2.05) is 14.1 Å². The van der Waals surface area contributed by atoms with Crippen LogP contribution in [-0.4, -0.2) is 153 Å². The van der Waals surface area contributed by atoms with Crippen LogP contribution in [0.5, 0.6) is 0 Å². The summed E-state index contributed by atoms with van der Waals surface area (Å²) in [6.45, 7) is 6.04. The van der Waals surface area contributed by atoms with Gasteiger partial charge in [-0.05, 0) is 68.7 Å². The van der Waals surface area contributed by atoms with Crippen LogP contribution in [-0.2, 0) is 37.9 Å². The number of halogens is 6. The summed E-state index contributed by atoms with van der Waals surface area (Å²) in [5.74, 6) is -4.41. The van der Waals surface area contributed by atoms with Gasteiger partial charge in [0.2, 0.25) is 20.0 Å². The van der Waals surface area contributed by atoms with Crippen LogP contribution in [0.3, 0.4) is 0 Å². The van der Waals surface area contributed by atoms with E-state index in [4.69, 9.17) is 28.9 Å². The number of ketones is 1. The minimum absolute atomic E-state index is 0.00745. The van der Waals surface area contributed by atoms with Crippen molar-refractivity contribution < 1.29 is 48.7 Å². The standard InChI is InChI=1S/C22H27ClF2N4O3S.C22H26ClF2N3O4S/c1-27-6-8-28(9-7-27)10-11-33(31,32)29(18-4-5-20(24)19(23)13-18)15-17-3-2-16(12-21(17)25)22(30)14-26;1-26-7-9-27(10-8-26)11-12-33(30,31)28(18-5-6-20(24)19(23)14-18)15-17-4-3-16(13-21(17)25)22(29)32-2/h2-5,12-13H,6-11,14-15,26H2,1H3;3-6,13-14H,7-12,15H2,1-2H3. The predicted molar refractivity (Wildman–Crippen MR) is 248 cm³/mol. The lowest BCUT2D eigenvalue weighted by Crippen LogP contribution is -2.47. The Labute approximate surface area is 393 Å². The molecule has 360 valence electrons. The first-order valence-electron chi connectivity index (χ1n) is 20.8. The molecule has 2 aliphatic rings. The number of nitrogens with zero attached hydrogens (tertiary/aromatic N) is 6. The van der Waals surface area contributed by atoms with E-state index in [-0.39, 0.29) is 74.8 Å². The molecule has 2 N–H and O–H groups in total. The predicted octanol–water partition coefficient (Wildman–Crippen LogP) is 5.33. The number of esters is 1. The van der Waals surface area contributed by atoms with Crippen molar-refractivity contribution in [2.24, 2.45) is 5.73 Å². The zero-order chi connectivity index (χ0) is 48.3. The molecule has 0 unspecified atom stereocenters. The summed E-state index contributed by atoms with van der Waals surface area (Å²) in [7, 11) is -2.65. The van der Waals surface area contributed by atoms with Crippen molar-refractivity contribution in [3.8, 4) is 0 Å². The van der Waals surface area contributed by atoms with Crippen LogP contribution in [0.1, 0.15) is 31.8 Å². The number of carbonyl (C=O) groups is 2. The van der Waals surface area contributed by atoms with E-state index in [9.17, 15) is 44.0 Å². The van der Waals surface area contributed by atoms with Crippen LogP contribution < -0.4 is 14.3 Å². The quantitative estimate of drug-likeness (QED) is 0.0826. The third-order valence-corrected chi connectivity index (χ3v) is 15.2. The molecule has 2 fully saturated rings. The summed E-state index contributed by atoms with van der Waals surface area (Å²) in [5.41, 5.74) is 5.80. The van der Waals surface area contributed by atoms with E-state index in [0.29, 0.717) is 13.1 Å². The van der Waals surface area contributed by atoms with Gasteiger partial charge in [0.25, 0.3) is 0 Å². The Kier molecular flexibility index (Phi) is 18.8. The highest BCUT2D eigenvalue weighted by molar-refractivity contribution is 7.93. The van der Waals surface area contributed by atoms with Crippen LogP contribution in [0, 0.1) is 23.3 Å². The van der Waals surface area contributed by atoms with E-state index in [1.54, 1.807) is 0 Å². The number of carbonyl (C=O) groups excluding carboxylic acids is 2. The molecule has 14 nitrogen and oxygen atoms in total. The monoisotopic (exact) mass is 1000 g/mol. The van der Waals surface area contributed by atoms with E-state index >= 15 is 0 Å². The number of likely N-dealkylation sites (N-methyl/N-ethyl adjacent to an activating group) is 2. The molecule has 4 aromatic carbocycles. The van der Waals surface area contributed by atoms with Crippen molar-refractivity contribution >= 4 is 66.4 Å². The van der Waals surface area contributed by atoms with E-state index in [1.165, 1.54) is 55.6 Å². The van der Waals surface area contributed by atoms with Crippen LogP contribution in [0.25, 0.3) is 0 Å². The number of ether oxygens (including phenoxy) is 1. The summed E-state index contributed by atoms with van der Waals surface area (Å²) in [4.78, 5) is 31.8. The van der Waals surface area contributed by atoms with Gasteiger partial charge in [-0.3, -0.25) is 23.2 Å². The zero-order valence-electron chi connectivity index (χ0n) is 36.7. The van der Waals surface area contributed by atoms with Crippen LogP contribution in [0.4, 0.5) is 28.9 Å². The molecule has 0 saturated carbocycles. The second-order valence-corrected chi connectivity index (χ2v) is 20.7. The lowest BCUT2D eigenvalue weighted by Gasteiger charge is -2.33. The normalized spacial score (nSPS) is 15.5. The number of anilines is 2. The molecule has 0 spiro atoms. The van der Waals surface area contributed by atoms with E-state index in [2.05, 4.69) is 24.3 Å². The number of hydrogen-bond donors (Lipinski definition) is 1. The van der Waals surface area contributed by atoms with Gasteiger partial charge in [0, 0.05) is 82.1 Å². The first-order valence-corrected chi connectivity index (χ1v) is 24.8. The van der Waals surface area contributed by atoms with Gasteiger partial charge in [-0.25, -0.2) is 39.2 Å². The molecule has 0 aromatic heterocycles. The lowest BCUT2D eigenvalue weighted by atomic mass is 10.1. The van der Waals surface area contributed by atoms with Gasteiger partial charge in [-0.15, -0.1) is 0 Å². The third kappa shape index (κ3) is 14.3. The third-order valence-electron chi connectivity index (χ3n) is 11.2. The zero-order valence-corrected chi connectivity index (χ0v) is 39.9.